The molecule has 0 spiro atoms. The van der Waals surface area contributed by atoms with Crippen molar-refractivity contribution in [2.24, 2.45) is 0 Å². The Labute approximate surface area is 168 Å². The largest absolute Gasteiger partial charge is 0.365 e. The van der Waals surface area contributed by atoms with Crippen LogP contribution in [-0.4, -0.2) is 29.5 Å². The highest BCUT2D eigenvalue weighted by Gasteiger charge is 2.20. The van der Waals surface area contributed by atoms with Crippen LogP contribution in [0.2, 0.25) is 5.02 Å². The molecule has 0 bridgehead atoms. The zero-order chi connectivity index (χ0) is 19.5. The zero-order valence-electron chi connectivity index (χ0n) is 15.4. The van der Waals surface area contributed by atoms with E-state index in [0.717, 1.165) is 40.6 Å². The van der Waals surface area contributed by atoms with Gasteiger partial charge in [0, 0.05) is 49.6 Å². The van der Waals surface area contributed by atoms with Gasteiger partial charge in [0.25, 0.3) is 5.91 Å². The average Bonchev–Trinajstić information content (AvgIpc) is 2.74. The van der Waals surface area contributed by atoms with Gasteiger partial charge >= 0.3 is 0 Å². The fourth-order valence-electron chi connectivity index (χ4n) is 3.21. The summed E-state index contributed by atoms with van der Waals surface area (Å²) in [5.41, 5.74) is 4.54. The first-order valence-corrected chi connectivity index (χ1v) is 9.36. The summed E-state index contributed by atoms with van der Waals surface area (Å²) in [6, 6.07) is 15.9. The lowest BCUT2D eigenvalue weighted by Gasteiger charge is -2.30. The summed E-state index contributed by atoms with van der Waals surface area (Å²) in [5, 5.41) is 6.53. The number of hydrogen-bond donors (Lipinski definition) is 2. The number of carbonyl (C=O) groups excluding carboxylic acids is 1. The van der Waals surface area contributed by atoms with Crippen molar-refractivity contribution >= 4 is 34.8 Å². The van der Waals surface area contributed by atoms with E-state index in [9.17, 15) is 4.79 Å². The smallest absolute Gasteiger partial charge is 0.251 e. The van der Waals surface area contributed by atoms with Gasteiger partial charge in [0.1, 0.15) is 0 Å². The van der Waals surface area contributed by atoms with Gasteiger partial charge in [-0.3, -0.25) is 4.79 Å². The first-order valence-electron chi connectivity index (χ1n) is 8.98. The third-order valence-electron chi connectivity index (χ3n) is 4.70. The summed E-state index contributed by atoms with van der Waals surface area (Å²) in [6.07, 6.45) is 2.67. The quantitative estimate of drug-likeness (QED) is 0.710. The van der Waals surface area contributed by atoms with Crippen LogP contribution in [0.5, 0.6) is 0 Å². The van der Waals surface area contributed by atoms with E-state index in [2.05, 4.69) is 31.6 Å². The Balaban J connectivity index is 1.48. The maximum absolute atomic E-state index is 11.6. The number of nitrogens with one attached hydrogen (secondary N) is 2. The summed E-state index contributed by atoms with van der Waals surface area (Å²) < 4.78 is 0. The van der Waals surface area contributed by atoms with Crippen LogP contribution in [0.25, 0.3) is 0 Å². The fourth-order valence-corrected chi connectivity index (χ4v) is 3.44. The lowest BCUT2D eigenvalue weighted by molar-refractivity contribution is 0.0963. The molecule has 0 atom stereocenters. The Hall–Kier alpha value is -3.12. The predicted molar refractivity (Wildman–Crippen MR) is 110 cm³/mol. The molecule has 141 valence electrons. The summed E-state index contributed by atoms with van der Waals surface area (Å²) in [7, 11) is 1.61. The third-order valence-corrected chi connectivity index (χ3v) is 5.02. The number of hydrogen-bond acceptors (Lipinski definition) is 5. The minimum Gasteiger partial charge on any atom is -0.365 e. The molecule has 7 heteroatoms. The molecular weight excluding hydrogens is 374 g/mol. The van der Waals surface area contributed by atoms with Crippen LogP contribution in [-0.2, 0) is 13.0 Å². The Kier molecular flexibility index (Phi) is 5.12. The topological polar surface area (TPSA) is 70.1 Å². The summed E-state index contributed by atoms with van der Waals surface area (Å²) >= 11 is 6.31. The Bertz CT molecular complexity index is 1010. The molecule has 0 fully saturated rings. The van der Waals surface area contributed by atoms with Crippen LogP contribution in [0.3, 0.4) is 0 Å². The second-order valence-electron chi connectivity index (χ2n) is 6.50. The maximum Gasteiger partial charge on any atom is 0.251 e. The van der Waals surface area contributed by atoms with Crippen LogP contribution in [0.15, 0.2) is 48.7 Å². The van der Waals surface area contributed by atoms with Crippen molar-refractivity contribution in [1.82, 2.24) is 15.3 Å². The van der Waals surface area contributed by atoms with Crippen molar-refractivity contribution in [2.45, 2.75) is 13.0 Å². The molecule has 1 aromatic heterocycles. The number of aromatic nitrogens is 2. The van der Waals surface area contributed by atoms with Gasteiger partial charge in [-0.1, -0.05) is 17.7 Å². The second-order valence-corrected chi connectivity index (χ2v) is 6.90. The molecule has 2 heterocycles. The maximum atomic E-state index is 11.6. The van der Waals surface area contributed by atoms with E-state index in [-0.39, 0.29) is 5.91 Å². The van der Waals surface area contributed by atoms with Crippen LogP contribution in [0, 0.1) is 6.07 Å². The van der Waals surface area contributed by atoms with Crippen molar-refractivity contribution in [3.8, 4) is 0 Å². The van der Waals surface area contributed by atoms with Gasteiger partial charge in [0.05, 0.1) is 16.4 Å². The normalized spacial score (nSPS) is 13.0. The molecule has 1 radical (unpaired) electrons. The van der Waals surface area contributed by atoms with Crippen molar-refractivity contribution in [1.29, 1.82) is 0 Å². The molecule has 1 amide bonds. The second kappa shape index (κ2) is 7.86. The van der Waals surface area contributed by atoms with Gasteiger partial charge in [-0.2, -0.15) is 0 Å². The Morgan fingerprint density at radius 3 is 2.82 bits per heavy atom. The number of halogens is 1. The van der Waals surface area contributed by atoms with E-state index in [1.807, 2.05) is 36.5 Å². The number of amides is 1. The minimum atomic E-state index is -0.114. The molecule has 28 heavy (non-hydrogen) atoms. The summed E-state index contributed by atoms with van der Waals surface area (Å²) in [5.74, 6) is 0.434. The molecule has 1 aliphatic heterocycles. The molecule has 1 aliphatic rings. The molecule has 6 nitrogen and oxygen atoms in total. The van der Waals surface area contributed by atoms with Crippen molar-refractivity contribution in [3.63, 3.8) is 0 Å². The van der Waals surface area contributed by atoms with Gasteiger partial charge in [0.2, 0.25) is 5.95 Å². The summed E-state index contributed by atoms with van der Waals surface area (Å²) in [4.78, 5) is 22.9. The molecule has 0 aliphatic carbocycles. The van der Waals surface area contributed by atoms with E-state index in [1.54, 1.807) is 19.2 Å². The predicted octanol–water partition coefficient (Wildman–Crippen LogP) is 3.60. The van der Waals surface area contributed by atoms with E-state index < -0.39 is 0 Å². The number of rotatable bonds is 4. The van der Waals surface area contributed by atoms with Gasteiger partial charge in [-0.15, -0.1) is 0 Å². The standard InChI is InChI=1S/C21H19ClN5O/c1-23-20(28)14-6-8-16(9-7-14)25-21-24-12-15-13-27(11-10-18(15)26-21)19-5-3-2-4-17(19)22/h2,4-9,12H,10-11,13H2,1H3,(H,23,28)(H,24,25,26). The molecule has 0 saturated heterocycles. The Morgan fingerprint density at radius 1 is 1.25 bits per heavy atom. The third kappa shape index (κ3) is 3.77. The molecule has 0 saturated carbocycles. The number of anilines is 3. The van der Waals surface area contributed by atoms with Crippen molar-refractivity contribution < 1.29 is 4.79 Å². The van der Waals surface area contributed by atoms with E-state index in [0.29, 0.717) is 18.1 Å². The van der Waals surface area contributed by atoms with E-state index >= 15 is 0 Å². The molecule has 4 rings (SSSR count). The van der Waals surface area contributed by atoms with Gasteiger partial charge < -0.3 is 15.5 Å². The monoisotopic (exact) mass is 392 g/mol. The Morgan fingerprint density at radius 2 is 2.07 bits per heavy atom. The molecule has 2 N–H and O–H groups in total. The summed E-state index contributed by atoms with van der Waals surface area (Å²) in [6.45, 7) is 1.55. The molecule has 2 aromatic carbocycles. The lowest BCUT2D eigenvalue weighted by Crippen LogP contribution is -2.31. The number of fused-ring (bicyclic) bond motifs is 1. The minimum absolute atomic E-state index is 0.114. The van der Waals surface area contributed by atoms with E-state index in [4.69, 9.17) is 11.6 Å². The number of nitrogens with zero attached hydrogens (tertiary/aromatic N) is 3. The molecular formula is C21H19ClN5O. The van der Waals surface area contributed by atoms with Gasteiger partial charge in [-0.25, -0.2) is 9.97 Å². The number of benzene rings is 2. The van der Waals surface area contributed by atoms with Crippen molar-refractivity contribution in [2.75, 3.05) is 23.8 Å². The number of carbonyl (C=O) groups is 1. The highest BCUT2D eigenvalue weighted by molar-refractivity contribution is 6.33. The lowest BCUT2D eigenvalue weighted by atomic mass is 10.1. The van der Waals surface area contributed by atoms with Crippen LogP contribution in [0.4, 0.5) is 17.3 Å². The van der Waals surface area contributed by atoms with Crippen LogP contribution < -0.4 is 15.5 Å². The zero-order valence-corrected chi connectivity index (χ0v) is 16.1. The SMILES string of the molecule is CNC(=O)c1ccc(Nc2ncc3c(n2)CCN(c2c[c]ccc2Cl)C3)cc1. The first-order chi connectivity index (χ1) is 13.6. The molecule has 0 unspecified atom stereocenters. The first kappa shape index (κ1) is 18.3. The van der Waals surface area contributed by atoms with E-state index in [1.165, 1.54) is 0 Å². The van der Waals surface area contributed by atoms with Crippen molar-refractivity contribution in [3.05, 3.63) is 76.6 Å². The highest BCUT2D eigenvalue weighted by Crippen LogP contribution is 2.29. The van der Waals surface area contributed by atoms with Crippen LogP contribution in [0.1, 0.15) is 21.6 Å². The fraction of sp³-hybridized carbons (Fsp3) is 0.190. The van der Waals surface area contributed by atoms with Gasteiger partial charge in [0.15, 0.2) is 0 Å². The van der Waals surface area contributed by atoms with Gasteiger partial charge in [-0.05, 0) is 42.5 Å². The van der Waals surface area contributed by atoms with Crippen LogP contribution >= 0.6 is 11.6 Å². The molecule has 3 aromatic rings. The highest BCUT2D eigenvalue weighted by atomic mass is 35.5. The average molecular weight is 393 g/mol.